The van der Waals surface area contributed by atoms with Crippen LogP contribution in [0.25, 0.3) is 0 Å². The maximum Gasteiger partial charge on any atom is 0.286 e. The molecular weight excluding hydrogens is 374 g/mol. The van der Waals surface area contributed by atoms with Crippen molar-refractivity contribution in [2.75, 3.05) is 38.6 Å². The number of nitrogens with one attached hydrogen (secondary N) is 1. The first-order valence-corrected chi connectivity index (χ1v) is 10.8. The minimum Gasteiger partial charge on any atom is -0.497 e. The molecule has 2 aliphatic rings. The molecular formula is C20H27N5O2S. The first kappa shape index (κ1) is 19.3. The van der Waals surface area contributed by atoms with Crippen molar-refractivity contribution in [1.82, 2.24) is 20.0 Å². The van der Waals surface area contributed by atoms with Gasteiger partial charge in [0.25, 0.3) is 5.91 Å². The van der Waals surface area contributed by atoms with Gasteiger partial charge in [0, 0.05) is 18.3 Å². The Labute approximate surface area is 169 Å². The fourth-order valence-electron chi connectivity index (χ4n) is 4.02. The number of amides is 1. The fraction of sp³-hybridized carbons (Fsp3) is 0.550. The summed E-state index contributed by atoms with van der Waals surface area (Å²) >= 11 is 1.39. The van der Waals surface area contributed by atoms with Crippen LogP contribution in [0.15, 0.2) is 24.3 Å². The summed E-state index contributed by atoms with van der Waals surface area (Å²) in [5.41, 5.74) is 0.716. The summed E-state index contributed by atoms with van der Waals surface area (Å²) in [5, 5.41) is 12.6. The van der Waals surface area contributed by atoms with Crippen molar-refractivity contribution >= 4 is 22.9 Å². The van der Waals surface area contributed by atoms with Gasteiger partial charge in [-0.3, -0.25) is 9.69 Å². The Balaban J connectivity index is 1.33. The van der Waals surface area contributed by atoms with E-state index in [0.717, 1.165) is 30.4 Å². The van der Waals surface area contributed by atoms with Gasteiger partial charge in [-0.1, -0.05) is 11.3 Å². The Morgan fingerprint density at radius 2 is 1.96 bits per heavy atom. The highest BCUT2D eigenvalue weighted by atomic mass is 32.1. The van der Waals surface area contributed by atoms with Gasteiger partial charge in [-0.25, -0.2) is 0 Å². The van der Waals surface area contributed by atoms with Gasteiger partial charge in [0.15, 0.2) is 0 Å². The predicted octanol–water partition coefficient (Wildman–Crippen LogP) is 2.86. The molecule has 0 radical (unpaired) electrons. The van der Waals surface area contributed by atoms with E-state index >= 15 is 0 Å². The first-order valence-electron chi connectivity index (χ1n) is 9.95. The molecule has 1 atom stereocenters. The van der Waals surface area contributed by atoms with E-state index in [4.69, 9.17) is 4.74 Å². The summed E-state index contributed by atoms with van der Waals surface area (Å²) in [6.45, 7) is 5.51. The zero-order chi connectivity index (χ0) is 19.3. The van der Waals surface area contributed by atoms with E-state index in [-0.39, 0.29) is 5.91 Å². The molecule has 2 fully saturated rings. The quantitative estimate of drug-likeness (QED) is 0.769. The molecule has 1 N–H and O–H groups in total. The Kier molecular flexibility index (Phi) is 6.19. The molecule has 0 aliphatic carbocycles. The van der Waals surface area contributed by atoms with Crippen LogP contribution < -0.4 is 10.1 Å². The Bertz CT molecular complexity index is 788. The van der Waals surface area contributed by atoms with E-state index in [9.17, 15) is 4.79 Å². The lowest BCUT2D eigenvalue weighted by Gasteiger charge is -2.27. The van der Waals surface area contributed by atoms with Crippen molar-refractivity contribution in [3.8, 4) is 5.75 Å². The molecule has 1 aromatic heterocycles. The molecule has 2 saturated heterocycles. The lowest BCUT2D eigenvalue weighted by Crippen LogP contribution is -2.38. The van der Waals surface area contributed by atoms with E-state index < -0.39 is 0 Å². The van der Waals surface area contributed by atoms with Crippen LogP contribution in [0.5, 0.6) is 5.75 Å². The van der Waals surface area contributed by atoms with Crippen LogP contribution in [-0.2, 0) is 6.54 Å². The number of anilines is 1. The van der Waals surface area contributed by atoms with Crippen molar-refractivity contribution in [2.45, 2.75) is 38.3 Å². The monoisotopic (exact) mass is 401 g/mol. The fourth-order valence-corrected chi connectivity index (χ4v) is 4.78. The highest BCUT2D eigenvalue weighted by Crippen LogP contribution is 2.24. The molecule has 1 aromatic carbocycles. The number of carbonyl (C=O) groups excluding carboxylic acids is 1. The van der Waals surface area contributed by atoms with E-state index in [0.29, 0.717) is 16.7 Å². The van der Waals surface area contributed by atoms with Crippen LogP contribution in [0, 0.1) is 0 Å². The SMILES string of the molecule is COc1ccc(NC(=O)c2nnc(CN3CCCC3CN3CCCC3)s2)cc1. The molecule has 1 unspecified atom stereocenters. The number of hydrogen-bond donors (Lipinski definition) is 1. The number of likely N-dealkylation sites (tertiary alicyclic amines) is 2. The van der Waals surface area contributed by atoms with Crippen LogP contribution in [0.3, 0.4) is 0 Å². The summed E-state index contributed by atoms with van der Waals surface area (Å²) in [4.78, 5) is 17.5. The summed E-state index contributed by atoms with van der Waals surface area (Å²) < 4.78 is 5.14. The smallest absolute Gasteiger partial charge is 0.286 e. The number of rotatable bonds is 7. The second-order valence-corrected chi connectivity index (χ2v) is 8.52. The molecule has 3 heterocycles. The molecule has 150 valence electrons. The van der Waals surface area contributed by atoms with Crippen molar-refractivity contribution in [2.24, 2.45) is 0 Å². The van der Waals surface area contributed by atoms with Gasteiger partial charge in [-0.2, -0.15) is 0 Å². The highest BCUT2D eigenvalue weighted by molar-refractivity contribution is 7.13. The van der Waals surface area contributed by atoms with E-state index in [1.54, 1.807) is 7.11 Å². The molecule has 2 aromatic rings. The molecule has 1 amide bonds. The van der Waals surface area contributed by atoms with Gasteiger partial charge in [0.1, 0.15) is 10.8 Å². The average molecular weight is 402 g/mol. The largest absolute Gasteiger partial charge is 0.497 e. The first-order chi connectivity index (χ1) is 13.7. The normalized spacial score (nSPS) is 20.5. The molecule has 0 bridgehead atoms. The Morgan fingerprint density at radius 1 is 1.18 bits per heavy atom. The van der Waals surface area contributed by atoms with Crippen LogP contribution in [-0.4, -0.2) is 65.2 Å². The number of carbonyl (C=O) groups is 1. The minimum absolute atomic E-state index is 0.219. The van der Waals surface area contributed by atoms with E-state index in [2.05, 4.69) is 25.3 Å². The van der Waals surface area contributed by atoms with Crippen molar-refractivity contribution in [3.63, 3.8) is 0 Å². The van der Waals surface area contributed by atoms with Crippen LogP contribution in [0.2, 0.25) is 0 Å². The third-order valence-electron chi connectivity index (χ3n) is 5.51. The summed E-state index contributed by atoms with van der Waals surface area (Å²) in [7, 11) is 1.62. The van der Waals surface area contributed by atoms with Crippen molar-refractivity contribution < 1.29 is 9.53 Å². The maximum atomic E-state index is 12.5. The van der Waals surface area contributed by atoms with Crippen LogP contribution in [0.1, 0.15) is 40.5 Å². The maximum absolute atomic E-state index is 12.5. The predicted molar refractivity (Wildman–Crippen MR) is 110 cm³/mol. The van der Waals surface area contributed by atoms with Crippen molar-refractivity contribution in [3.05, 3.63) is 34.3 Å². The zero-order valence-electron chi connectivity index (χ0n) is 16.3. The summed E-state index contributed by atoms with van der Waals surface area (Å²) in [6.07, 6.45) is 5.15. The van der Waals surface area contributed by atoms with Crippen LogP contribution >= 0.6 is 11.3 Å². The van der Waals surface area contributed by atoms with Gasteiger partial charge < -0.3 is 15.0 Å². The third-order valence-corrected chi connectivity index (χ3v) is 6.42. The molecule has 4 rings (SSSR count). The second-order valence-electron chi connectivity index (χ2n) is 7.46. The molecule has 2 aliphatic heterocycles. The number of benzene rings is 1. The van der Waals surface area contributed by atoms with Crippen LogP contribution in [0.4, 0.5) is 5.69 Å². The van der Waals surface area contributed by atoms with Gasteiger partial charge in [0.05, 0.1) is 13.7 Å². The van der Waals surface area contributed by atoms with Gasteiger partial charge in [-0.05, 0) is 69.6 Å². The summed E-state index contributed by atoms with van der Waals surface area (Å²) in [5.74, 6) is 0.536. The second kappa shape index (κ2) is 8.98. The lowest BCUT2D eigenvalue weighted by molar-refractivity contribution is 0.102. The minimum atomic E-state index is -0.219. The number of ether oxygens (including phenoxy) is 1. The molecule has 28 heavy (non-hydrogen) atoms. The number of aromatic nitrogens is 2. The van der Waals surface area contributed by atoms with E-state index in [1.807, 2.05) is 24.3 Å². The Hall–Kier alpha value is -2.03. The standard InChI is InChI=1S/C20H27N5O2S/c1-27-17-8-6-15(7-9-17)21-19(26)20-23-22-18(28-20)14-25-12-4-5-16(25)13-24-10-2-3-11-24/h6-9,16H,2-5,10-14H2,1H3,(H,21,26). The summed E-state index contributed by atoms with van der Waals surface area (Å²) in [6, 6.07) is 7.85. The van der Waals surface area contributed by atoms with Gasteiger partial charge in [-0.15, -0.1) is 10.2 Å². The van der Waals surface area contributed by atoms with Gasteiger partial charge >= 0.3 is 0 Å². The zero-order valence-corrected chi connectivity index (χ0v) is 17.1. The lowest BCUT2D eigenvalue weighted by atomic mass is 10.2. The Morgan fingerprint density at radius 3 is 2.71 bits per heavy atom. The topological polar surface area (TPSA) is 70.6 Å². The average Bonchev–Trinajstić information content (AvgIpc) is 3.46. The van der Waals surface area contributed by atoms with E-state index in [1.165, 1.54) is 50.1 Å². The molecule has 0 spiro atoms. The van der Waals surface area contributed by atoms with Crippen molar-refractivity contribution in [1.29, 1.82) is 0 Å². The van der Waals surface area contributed by atoms with Gasteiger partial charge in [0.2, 0.25) is 5.01 Å². The molecule has 7 nitrogen and oxygen atoms in total. The third kappa shape index (κ3) is 4.68. The molecule has 8 heteroatoms. The highest BCUT2D eigenvalue weighted by Gasteiger charge is 2.28. The molecule has 0 saturated carbocycles. The number of hydrogen-bond acceptors (Lipinski definition) is 7. The number of methoxy groups -OCH3 is 1. The number of nitrogens with zero attached hydrogens (tertiary/aromatic N) is 4.